The van der Waals surface area contributed by atoms with Gasteiger partial charge in [0.15, 0.2) is 0 Å². The van der Waals surface area contributed by atoms with E-state index in [0.717, 1.165) is 19.3 Å². The fraction of sp³-hybridized carbons (Fsp3) is 0.600. The molecule has 1 atom stereocenters. The molecule has 1 aromatic rings. The molecule has 1 aliphatic rings. The number of carboxylic acid groups (broad SMARTS) is 1. The van der Waals surface area contributed by atoms with E-state index in [2.05, 4.69) is 19.2 Å². The first-order valence-corrected chi connectivity index (χ1v) is 7.05. The van der Waals surface area contributed by atoms with Crippen LogP contribution in [0.1, 0.15) is 50.0 Å². The fourth-order valence-corrected chi connectivity index (χ4v) is 2.98. The number of amides is 1. The highest BCUT2D eigenvalue weighted by molar-refractivity contribution is 5.93. The molecule has 2 N–H and O–H groups in total. The lowest BCUT2D eigenvalue weighted by atomic mass is 9.75. The number of aliphatic carboxylic acids is 1. The van der Waals surface area contributed by atoms with E-state index in [1.54, 1.807) is 18.3 Å². The largest absolute Gasteiger partial charge is 0.480 e. The molecule has 1 saturated carbocycles. The van der Waals surface area contributed by atoms with E-state index in [9.17, 15) is 9.59 Å². The summed E-state index contributed by atoms with van der Waals surface area (Å²) in [6, 6.07) is 3.54. The smallest absolute Gasteiger partial charge is 0.323 e. The monoisotopic (exact) mass is 278 g/mol. The second-order valence-electron chi connectivity index (χ2n) is 6.35. The van der Waals surface area contributed by atoms with Crippen LogP contribution in [0.4, 0.5) is 0 Å². The summed E-state index contributed by atoms with van der Waals surface area (Å²) in [7, 11) is 0. The molecule has 0 aliphatic heterocycles. The lowest BCUT2D eigenvalue weighted by Crippen LogP contribution is -2.41. The lowest BCUT2D eigenvalue weighted by molar-refractivity contribution is -0.137. The molecule has 0 saturated heterocycles. The maximum atomic E-state index is 12.3. The van der Waals surface area contributed by atoms with Gasteiger partial charge in [-0.1, -0.05) is 20.3 Å². The van der Waals surface area contributed by atoms with E-state index in [-0.39, 0.29) is 23.9 Å². The number of hydrogen-bond acceptors (Lipinski definition) is 2. The van der Waals surface area contributed by atoms with Crippen molar-refractivity contribution in [3.63, 3.8) is 0 Å². The van der Waals surface area contributed by atoms with Crippen molar-refractivity contribution in [2.75, 3.05) is 0 Å². The first kappa shape index (κ1) is 14.6. The van der Waals surface area contributed by atoms with Crippen LogP contribution in [0.15, 0.2) is 18.3 Å². The Morgan fingerprint density at radius 1 is 1.50 bits per heavy atom. The van der Waals surface area contributed by atoms with Crippen LogP contribution >= 0.6 is 0 Å². The highest BCUT2D eigenvalue weighted by Crippen LogP contribution is 2.35. The van der Waals surface area contributed by atoms with Crippen LogP contribution in [0.3, 0.4) is 0 Å². The molecule has 1 aromatic heterocycles. The van der Waals surface area contributed by atoms with Gasteiger partial charge in [0.05, 0.1) is 0 Å². The van der Waals surface area contributed by atoms with Gasteiger partial charge in [0, 0.05) is 12.2 Å². The number of aromatic nitrogens is 1. The number of carbonyl (C=O) groups excluding carboxylic acids is 1. The number of carbonyl (C=O) groups is 2. The molecule has 5 nitrogen and oxygen atoms in total. The molecule has 1 aliphatic carbocycles. The maximum absolute atomic E-state index is 12.3. The first-order chi connectivity index (χ1) is 9.37. The molecule has 1 heterocycles. The SMILES string of the molecule is CC1(C)CCCC(NC(=O)c2cccn2CC(=O)O)C1. The Bertz CT molecular complexity index is 505. The third-order valence-electron chi connectivity index (χ3n) is 3.91. The molecule has 1 fully saturated rings. The molecule has 110 valence electrons. The van der Waals surface area contributed by atoms with Gasteiger partial charge in [-0.15, -0.1) is 0 Å². The minimum absolute atomic E-state index is 0.180. The van der Waals surface area contributed by atoms with E-state index in [0.29, 0.717) is 5.69 Å². The minimum atomic E-state index is -0.950. The van der Waals surface area contributed by atoms with E-state index in [1.165, 1.54) is 11.0 Å². The van der Waals surface area contributed by atoms with Gasteiger partial charge in [0.2, 0.25) is 0 Å². The molecule has 0 aromatic carbocycles. The second-order valence-corrected chi connectivity index (χ2v) is 6.35. The van der Waals surface area contributed by atoms with Crippen LogP contribution in [0, 0.1) is 5.41 Å². The maximum Gasteiger partial charge on any atom is 0.323 e. The van der Waals surface area contributed by atoms with Crippen molar-refractivity contribution in [2.24, 2.45) is 5.41 Å². The van der Waals surface area contributed by atoms with Gasteiger partial charge < -0.3 is 15.0 Å². The predicted octanol–water partition coefficient (Wildman–Crippen LogP) is 2.27. The van der Waals surface area contributed by atoms with Crippen LogP contribution in [0.5, 0.6) is 0 Å². The molecule has 0 spiro atoms. The Labute approximate surface area is 119 Å². The summed E-state index contributed by atoms with van der Waals surface area (Å²) in [5, 5.41) is 11.9. The summed E-state index contributed by atoms with van der Waals surface area (Å²) < 4.78 is 1.46. The summed E-state index contributed by atoms with van der Waals surface area (Å²) >= 11 is 0. The van der Waals surface area contributed by atoms with Crippen molar-refractivity contribution in [1.82, 2.24) is 9.88 Å². The summed E-state index contributed by atoms with van der Waals surface area (Å²) in [5.74, 6) is -1.13. The summed E-state index contributed by atoms with van der Waals surface area (Å²) in [6.45, 7) is 4.25. The van der Waals surface area contributed by atoms with Crippen molar-refractivity contribution in [3.8, 4) is 0 Å². The van der Waals surface area contributed by atoms with Crippen molar-refractivity contribution in [3.05, 3.63) is 24.0 Å². The molecule has 0 bridgehead atoms. The zero-order valence-corrected chi connectivity index (χ0v) is 12.1. The molecule has 0 radical (unpaired) electrons. The topological polar surface area (TPSA) is 71.3 Å². The molecular weight excluding hydrogens is 256 g/mol. The average Bonchev–Trinajstić information content (AvgIpc) is 2.74. The second kappa shape index (κ2) is 5.69. The van der Waals surface area contributed by atoms with E-state index >= 15 is 0 Å². The lowest BCUT2D eigenvalue weighted by Gasteiger charge is -2.35. The minimum Gasteiger partial charge on any atom is -0.480 e. The third-order valence-corrected chi connectivity index (χ3v) is 3.91. The highest BCUT2D eigenvalue weighted by atomic mass is 16.4. The first-order valence-electron chi connectivity index (χ1n) is 7.05. The summed E-state index contributed by atoms with van der Waals surface area (Å²) in [6.07, 6.45) is 5.89. The Morgan fingerprint density at radius 3 is 2.90 bits per heavy atom. The molecule has 1 amide bonds. The number of nitrogens with one attached hydrogen (secondary N) is 1. The molecular formula is C15H22N2O3. The molecule has 20 heavy (non-hydrogen) atoms. The average molecular weight is 278 g/mol. The fourth-order valence-electron chi connectivity index (χ4n) is 2.98. The van der Waals surface area contributed by atoms with Crippen molar-refractivity contribution >= 4 is 11.9 Å². The number of nitrogens with zero attached hydrogens (tertiary/aromatic N) is 1. The Morgan fingerprint density at radius 2 is 2.25 bits per heavy atom. The zero-order valence-electron chi connectivity index (χ0n) is 12.1. The van der Waals surface area contributed by atoms with Crippen molar-refractivity contribution in [1.29, 1.82) is 0 Å². The van der Waals surface area contributed by atoms with Crippen LogP contribution in [0.25, 0.3) is 0 Å². The highest BCUT2D eigenvalue weighted by Gasteiger charge is 2.29. The van der Waals surface area contributed by atoms with Crippen molar-refractivity contribution < 1.29 is 14.7 Å². The number of carboxylic acids is 1. The van der Waals surface area contributed by atoms with E-state index < -0.39 is 5.97 Å². The van der Waals surface area contributed by atoms with E-state index in [1.807, 2.05) is 0 Å². The van der Waals surface area contributed by atoms with E-state index in [4.69, 9.17) is 5.11 Å². The Hall–Kier alpha value is -1.78. The Kier molecular flexibility index (Phi) is 4.16. The van der Waals surface area contributed by atoms with Crippen molar-refractivity contribution in [2.45, 2.75) is 52.1 Å². The van der Waals surface area contributed by atoms with Crippen LogP contribution < -0.4 is 5.32 Å². The molecule has 1 unspecified atom stereocenters. The Balaban J connectivity index is 2.01. The van der Waals surface area contributed by atoms with Gasteiger partial charge in [0.25, 0.3) is 5.91 Å². The number of hydrogen-bond donors (Lipinski definition) is 2. The van der Waals surface area contributed by atoms with Gasteiger partial charge in [-0.2, -0.15) is 0 Å². The summed E-state index contributed by atoms with van der Waals surface area (Å²) in [4.78, 5) is 23.0. The molecule has 5 heteroatoms. The van der Waals surface area contributed by atoms with Gasteiger partial charge in [-0.25, -0.2) is 0 Å². The summed E-state index contributed by atoms with van der Waals surface area (Å²) in [5.41, 5.74) is 0.676. The van der Waals surface area contributed by atoms with Gasteiger partial charge in [-0.05, 0) is 36.8 Å². The third kappa shape index (κ3) is 3.62. The van der Waals surface area contributed by atoms with Gasteiger partial charge in [-0.3, -0.25) is 9.59 Å². The van der Waals surface area contributed by atoms with Crippen LogP contribution in [0.2, 0.25) is 0 Å². The van der Waals surface area contributed by atoms with Crippen LogP contribution in [-0.2, 0) is 11.3 Å². The molecule has 2 rings (SSSR count). The normalized spacial score (nSPS) is 21.4. The quantitative estimate of drug-likeness (QED) is 0.887. The van der Waals surface area contributed by atoms with Gasteiger partial charge in [0.1, 0.15) is 12.2 Å². The van der Waals surface area contributed by atoms with Gasteiger partial charge >= 0.3 is 5.97 Å². The standard InChI is InChI=1S/C15H22N2O3/c1-15(2)7-3-5-11(9-15)16-14(20)12-6-4-8-17(12)10-13(18)19/h4,6,8,11H,3,5,7,9-10H2,1-2H3,(H,16,20)(H,18,19). The zero-order chi connectivity index (χ0) is 14.8. The number of rotatable bonds is 4. The van der Waals surface area contributed by atoms with Crippen LogP contribution in [-0.4, -0.2) is 27.6 Å². The predicted molar refractivity (Wildman–Crippen MR) is 75.6 cm³/mol.